The van der Waals surface area contributed by atoms with Gasteiger partial charge in [-0.05, 0) is 47.3 Å². The first-order chi connectivity index (χ1) is 11.7. The second-order valence-corrected chi connectivity index (χ2v) is 6.13. The molecule has 3 aromatic heterocycles. The fourth-order valence-electron chi connectivity index (χ4n) is 3.03. The number of hydrogen-bond donors (Lipinski definition) is 0. The van der Waals surface area contributed by atoms with Crippen LogP contribution in [-0.4, -0.2) is 45.4 Å². The van der Waals surface area contributed by atoms with Crippen molar-refractivity contribution >= 4 is 22.9 Å². The van der Waals surface area contributed by atoms with E-state index in [1.54, 1.807) is 0 Å². The Balaban J connectivity index is 1.73. The van der Waals surface area contributed by atoms with Gasteiger partial charge in [0.15, 0.2) is 11.6 Å². The topological polar surface area (TPSA) is 84.1 Å². The number of pyridine rings is 1. The Hall–Kier alpha value is -2.77. The van der Waals surface area contributed by atoms with Crippen LogP contribution in [-0.2, 0) is 6.54 Å². The Bertz CT molecular complexity index is 857. The highest BCUT2D eigenvalue weighted by atomic mass is 16.6. The molecule has 8 nitrogen and oxygen atoms in total. The van der Waals surface area contributed by atoms with E-state index in [4.69, 9.17) is 4.63 Å². The van der Waals surface area contributed by atoms with Crippen LogP contribution in [0, 0.1) is 6.92 Å². The predicted octanol–water partition coefficient (Wildman–Crippen LogP) is 1.95. The lowest BCUT2D eigenvalue weighted by molar-refractivity contribution is 0.314. The minimum absolute atomic E-state index is 0.436. The number of fused-ring (bicyclic) bond motifs is 1. The van der Waals surface area contributed by atoms with Crippen molar-refractivity contribution in [2.75, 3.05) is 29.9 Å². The van der Waals surface area contributed by atoms with Crippen LogP contribution in [0.1, 0.15) is 24.0 Å². The zero-order chi connectivity index (χ0) is 16.5. The Morgan fingerprint density at radius 2 is 1.92 bits per heavy atom. The molecule has 0 spiro atoms. The molecule has 0 radical (unpaired) electrons. The smallest absolute Gasteiger partial charge is 0.245 e. The van der Waals surface area contributed by atoms with Crippen molar-refractivity contribution < 1.29 is 4.63 Å². The predicted molar refractivity (Wildman–Crippen MR) is 89.9 cm³/mol. The van der Waals surface area contributed by atoms with Crippen molar-refractivity contribution in [2.24, 2.45) is 0 Å². The Morgan fingerprint density at radius 3 is 2.67 bits per heavy atom. The van der Waals surface area contributed by atoms with Crippen molar-refractivity contribution in [2.45, 2.75) is 26.3 Å². The van der Waals surface area contributed by atoms with Gasteiger partial charge in [0.2, 0.25) is 11.3 Å². The first-order valence-corrected chi connectivity index (χ1v) is 8.08. The van der Waals surface area contributed by atoms with Crippen molar-refractivity contribution in [3.63, 3.8) is 0 Å². The van der Waals surface area contributed by atoms with Crippen molar-refractivity contribution in [1.29, 1.82) is 0 Å². The number of aromatic nitrogens is 5. The summed E-state index contributed by atoms with van der Waals surface area (Å²) in [6.45, 7) is 4.76. The quantitative estimate of drug-likeness (QED) is 0.719. The van der Waals surface area contributed by atoms with Crippen molar-refractivity contribution in [3.05, 3.63) is 29.6 Å². The molecule has 0 bridgehead atoms. The summed E-state index contributed by atoms with van der Waals surface area (Å²) in [6.07, 6.45) is 6.03. The molecule has 0 saturated carbocycles. The standard InChI is InChI=1S/C16H19N7O/c1-11-9-17-6-5-12(11)10-22(2)15-16(23-7-3-4-8-23)19-14-13(18-15)20-24-21-14/h5-6,9H,3-4,7-8,10H2,1-2H3. The maximum absolute atomic E-state index is 4.78. The number of rotatable bonds is 4. The molecule has 0 aliphatic carbocycles. The van der Waals surface area contributed by atoms with Gasteiger partial charge in [0.25, 0.3) is 0 Å². The van der Waals surface area contributed by atoms with E-state index >= 15 is 0 Å². The van der Waals surface area contributed by atoms with Gasteiger partial charge in [0, 0.05) is 39.1 Å². The van der Waals surface area contributed by atoms with Crippen molar-refractivity contribution in [3.8, 4) is 0 Å². The van der Waals surface area contributed by atoms with Crippen LogP contribution in [0.2, 0.25) is 0 Å². The lowest BCUT2D eigenvalue weighted by Crippen LogP contribution is -2.26. The fraction of sp³-hybridized carbons (Fsp3) is 0.438. The monoisotopic (exact) mass is 325 g/mol. The second kappa shape index (κ2) is 6.03. The number of nitrogens with zero attached hydrogens (tertiary/aromatic N) is 7. The first kappa shape index (κ1) is 14.8. The van der Waals surface area contributed by atoms with E-state index in [-0.39, 0.29) is 0 Å². The molecule has 1 aliphatic rings. The first-order valence-electron chi connectivity index (χ1n) is 8.08. The van der Waals surface area contributed by atoms with Crippen LogP contribution >= 0.6 is 0 Å². The summed E-state index contributed by atoms with van der Waals surface area (Å²) in [5, 5.41) is 7.68. The molecule has 1 fully saturated rings. The van der Waals surface area contributed by atoms with Gasteiger partial charge < -0.3 is 9.80 Å². The van der Waals surface area contributed by atoms with E-state index in [2.05, 4.69) is 42.0 Å². The summed E-state index contributed by atoms with van der Waals surface area (Å²) in [4.78, 5) is 17.8. The van der Waals surface area contributed by atoms with Crippen LogP contribution in [0.25, 0.3) is 11.3 Å². The minimum Gasteiger partial charge on any atom is -0.353 e. The Labute approximate surface area is 139 Å². The highest BCUT2D eigenvalue weighted by Gasteiger charge is 2.23. The zero-order valence-corrected chi connectivity index (χ0v) is 13.8. The van der Waals surface area contributed by atoms with E-state index in [0.717, 1.165) is 36.8 Å². The summed E-state index contributed by atoms with van der Waals surface area (Å²) >= 11 is 0. The molecule has 0 amide bonds. The maximum atomic E-state index is 4.78. The normalized spacial score (nSPS) is 14.5. The largest absolute Gasteiger partial charge is 0.353 e. The molecule has 3 aromatic rings. The Morgan fingerprint density at radius 1 is 1.17 bits per heavy atom. The Kier molecular flexibility index (Phi) is 3.72. The summed E-state index contributed by atoms with van der Waals surface area (Å²) in [7, 11) is 2.02. The second-order valence-electron chi connectivity index (χ2n) is 6.13. The summed E-state index contributed by atoms with van der Waals surface area (Å²) in [6, 6.07) is 2.03. The van der Waals surface area contributed by atoms with Crippen LogP contribution in [0.15, 0.2) is 23.1 Å². The molecule has 0 unspecified atom stereocenters. The van der Waals surface area contributed by atoms with Gasteiger partial charge in [0.1, 0.15) is 0 Å². The number of aryl methyl sites for hydroxylation is 1. The SMILES string of the molecule is Cc1cnccc1CN(C)c1nc2nonc2nc1N1CCCC1. The van der Waals surface area contributed by atoms with Gasteiger partial charge in [-0.1, -0.05) is 0 Å². The van der Waals surface area contributed by atoms with Gasteiger partial charge in [0.05, 0.1) is 0 Å². The molecule has 24 heavy (non-hydrogen) atoms. The number of anilines is 2. The molecule has 0 N–H and O–H groups in total. The third kappa shape index (κ3) is 2.64. The van der Waals surface area contributed by atoms with Crippen LogP contribution < -0.4 is 9.80 Å². The molecule has 0 aromatic carbocycles. The van der Waals surface area contributed by atoms with E-state index in [9.17, 15) is 0 Å². The number of hydrogen-bond acceptors (Lipinski definition) is 8. The average Bonchev–Trinajstić information content (AvgIpc) is 3.26. The molecular weight excluding hydrogens is 306 g/mol. The van der Waals surface area contributed by atoms with Crippen LogP contribution in [0.4, 0.5) is 11.6 Å². The van der Waals surface area contributed by atoms with E-state index in [1.807, 2.05) is 25.5 Å². The third-order valence-corrected chi connectivity index (χ3v) is 4.39. The highest BCUT2D eigenvalue weighted by molar-refractivity contribution is 5.74. The van der Waals surface area contributed by atoms with Crippen LogP contribution in [0.3, 0.4) is 0 Å². The molecule has 124 valence electrons. The maximum Gasteiger partial charge on any atom is 0.245 e. The average molecular weight is 325 g/mol. The highest BCUT2D eigenvalue weighted by Crippen LogP contribution is 2.30. The fourth-order valence-corrected chi connectivity index (χ4v) is 3.03. The molecule has 0 atom stereocenters. The lowest BCUT2D eigenvalue weighted by Gasteiger charge is -2.25. The van der Waals surface area contributed by atoms with Gasteiger partial charge in [-0.25, -0.2) is 14.6 Å². The molecule has 4 heterocycles. The minimum atomic E-state index is 0.436. The van der Waals surface area contributed by atoms with Gasteiger partial charge >= 0.3 is 0 Å². The molecule has 8 heteroatoms. The molecule has 4 rings (SSSR count). The van der Waals surface area contributed by atoms with Crippen LogP contribution in [0.5, 0.6) is 0 Å². The van der Waals surface area contributed by atoms with Gasteiger partial charge in [-0.15, -0.1) is 0 Å². The molecule has 1 saturated heterocycles. The van der Waals surface area contributed by atoms with E-state index < -0.39 is 0 Å². The van der Waals surface area contributed by atoms with E-state index in [0.29, 0.717) is 11.3 Å². The summed E-state index contributed by atoms with van der Waals surface area (Å²) < 4.78 is 4.78. The van der Waals surface area contributed by atoms with Crippen molar-refractivity contribution in [1.82, 2.24) is 25.3 Å². The zero-order valence-electron chi connectivity index (χ0n) is 13.8. The molecular formula is C16H19N7O. The summed E-state index contributed by atoms with van der Waals surface area (Å²) in [5.74, 6) is 1.65. The summed E-state index contributed by atoms with van der Waals surface area (Å²) in [5.41, 5.74) is 3.25. The lowest BCUT2D eigenvalue weighted by atomic mass is 10.1. The van der Waals surface area contributed by atoms with E-state index in [1.165, 1.54) is 18.4 Å². The van der Waals surface area contributed by atoms with Gasteiger partial charge in [-0.2, -0.15) is 0 Å². The third-order valence-electron chi connectivity index (χ3n) is 4.39. The van der Waals surface area contributed by atoms with Gasteiger partial charge in [-0.3, -0.25) is 4.98 Å². The molecule has 1 aliphatic heterocycles.